The zero-order valence-electron chi connectivity index (χ0n) is 9.00. The van der Waals surface area contributed by atoms with E-state index >= 15 is 0 Å². The lowest BCUT2D eigenvalue weighted by molar-refractivity contribution is 0.375. The number of allylic oxidation sites excluding steroid dienone is 6. The van der Waals surface area contributed by atoms with Crippen molar-refractivity contribution < 1.29 is 5.11 Å². The van der Waals surface area contributed by atoms with Crippen LogP contribution in [0.15, 0.2) is 35.6 Å². The number of aliphatic hydroxyl groups is 1. The van der Waals surface area contributed by atoms with Crippen LogP contribution in [0.25, 0.3) is 0 Å². The van der Waals surface area contributed by atoms with Crippen LogP contribution >= 0.6 is 0 Å². The molecular formula is C13H20O. The normalized spacial score (nSPS) is 30.1. The van der Waals surface area contributed by atoms with E-state index in [1.54, 1.807) is 0 Å². The molecule has 0 fully saturated rings. The van der Waals surface area contributed by atoms with Gasteiger partial charge in [-0.05, 0) is 31.8 Å². The molecule has 0 aliphatic heterocycles. The second-order valence-electron chi connectivity index (χ2n) is 3.87. The monoisotopic (exact) mass is 192 g/mol. The minimum absolute atomic E-state index is 0.551. The summed E-state index contributed by atoms with van der Waals surface area (Å²) in [4.78, 5) is 0. The van der Waals surface area contributed by atoms with Crippen LogP contribution in [0.3, 0.4) is 0 Å². The van der Waals surface area contributed by atoms with E-state index in [0.29, 0.717) is 5.76 Å². The molecule has 0 atom stereocenters. The van der Waals surface area contributed by atoms with Crippen molar-refractivity contribution in [2.75, 3.05) is 0 Å². The van der Waals surface area contributed by atoms with Gasteiger partial charge in [0.25, 0.3) is 0 Å². The van der Waals surface area contributed by atoms with E-state index in [-0.39, 0.29) is 0 Å². The molecule has 1 rings (SSSR count). The second kappa shape index (κ2) is 6.47. The van der Waals surface area contributed by atoms with Gasteiger partial charge in [0.05, 0.1) is 5.76 Å². The van der Waals surface area contributed by atoms with Crippen LogP contribution < -0.4 is 0 Å². The van der Waals surface area contributed by atoms with Crippen LogP contribution in [0.4, 0.5) is 0 Å². The third-order valence-electron chi connectivity index (χ3n) is 2.58. The maximum atomic E-state index is 9.67. The van der Waals surface area contributed by atoms with Crippen molar-refractivity contribution in [2.45, 2.75) is 45.4 Å². The summed E-state index contributed by atoms with van der Waals surface area (Å²) in [6.07, 6.45) is 15.2. The van der Waals surface area contributed by atoms with Crippen LogP contribution in [0, 0.1) is 0 Å². The first kappa shape index (κ1) is 11.1. The predicted octanol–water partition coefficient (Wildman–Crippen LogP) is 4.29. The summed E-state index contributed by atoms with van der Waals surface area (Å²) in [5.41, 5.74) is 0.996. The van der Waals surface area contributed by atoms with Gasteiger partial charge in [-0.15, -0.1) is 0 Å². The SMILES string of the molecule is CC1=C(/O)CCCCCC\C=C/C=C/1. The molecule has 1 aliphatic rings. The highest BCUT2D eigenvalue weighted by molar-refractivity contribution is 5.22. The molecule has 78 valence electrons. The molecule has 0 unspecified atom stereocenters. The Hall–Kier alpha value is -0.980. The Labute approximate surface area is 86.8 Å². The van der Waals surface area contributed by atoms with Crippen LogP contribution in [0.1, 0.15) is 45.4 Å². The molecule has 0 saturated carbocycles. The van der Waals surface area contributed by atoms with Gasteiger partial charge in [-0.1, -0.05) is 37.1 Å². The van der Waals surface area contributed by atoms with Crippen LogP contribution in [0.5, 0.6) is 0 Å². The van der Waals surface area contributed by atoms with Gasteiger partial charge < -0.3 is 5.11 Å². The standard InChI is InChI=1S/C13H20O/c1-12-10-8-6-4-2-3-5-7-9-11-13(12)14/h4,6,8,10,14H,2-3,5,7,9,11H2,1H3/b6-4-,10-8+,13-12+. The number of hydrogen-bond donors (Lipinski definition) is 1. The Morgan fingerprint density at radius 3 is 2.71 bits per heavy atom. The number of rotatable bonds is 0. The van der Waals surface area contributed by atoms with Crippen LogP contribution in [-0.2, 0) is 0 Å². The fourth-order valence-electron chi connectivity index (χ4n) is 1.58. The Morgan fingerprint density at radius 1 is 1.07 bits per heavy atom. The third kappa shape index (κ3) is 4.31. The zero-order chi connectivity index (χ0) is 10.2. The van der Waals surface area contributed by atoms with Crippen molar-refractivity contribution in [3.63, 3.8) is 0 Å². The van der Waals surface area contributed by atoms with Gasteiger partial charge in [0.2, 0.25) is 0 Å². The van der Waals surface area contributed by atoms with E-state index in [2.05, 4.69) is 12.2 Å². The summed E-state index contributed by atoms with van der Waals surface area (Å²) in [7, 11) is 0. The maximum Gasteiger partial charge on any atom is 0.0951 e. The van der Waals surface area contributed by atoms with Gasteiger partial charge in [-0.2, -0.15) is 0 Å². The van der Waals surface area contributed by atoms with E-state index in [0.717, 1.165) is 18.4 Å². The van der Waals surface area contributed by atoms with Crippen molar-refractivity contribution in [1.82, 2.24) is 0 Å². The lowest BCUT2D eigenvalue weighted by Gasteiger charge is -2.03. The molecule has 0 spiro atoms. The van der Waals surface area contributed by atoms with Gasteiger partial charge in [0.15, 0.2) is 0 Å². The second-order valence-corrected chi connectivity index (χ2v) is 3.87. The predicted molar refractivity (Wildman–Crippen MR) is 61.3 cm³/mol. The van der Waals surface area contributed by atoms with Gasteiger partial charge in [-0.3, -0.25) is 0 Å². The molecule has 0 aromatic rings. The third-order valence-corrected chi connectivity index (χ3v) is 2.58. The summed E-state index contributed by atoms with van der Waals surface area (Å²) >= 11 is 0. The van der Waals surface area contributed by atoms with Crippen LogP contribution in [0.2, 0.25) is 0 Å². The Kier molecular flexibility index (Phi) is 5.13. The van der Waals surface area contributed by atoms with Crippen molar-refractivity contribution in [3.05, 3.63) is 35.6 Å². The van der Waals surface area contributed by atoms with E-state index in [1.165, 1.54) is 25.7 Å². The fourth-order valence-corrected chi connectivity index (χ4v) is 1.58. The van der Waals surface area contributed by atoms with Crippen molar-refractivity contribution in [1.29, 1.82) is 0 Å². The quantitative estimate of drug-likeness (QED) is 0.607. The summed E-state index contributed by atoms with van der Waals surface area (Å²) in [5.74, 6) is 0.551. The van der Waals surface area contributed by atoms with Crippen molar-refractivity contribution >= 4 is 0 Å². The minimum Gasteiger partial charge on any atom is -0.512 e. The summed E-state index contributed by atoms with van der Waals surface area (Å²) in [6, 6.07) is 0. The molecule has 1 nitrogen and oxygen atoms in total. The zero-order valence-corrected chi connectivity index (χ0v) is 9.00. The molecule has 1 heteroatoms. The lowest BCUT2D eigenvalue weighted by atomic mass is 10.1. The molecule has 1 N–H and O–H groups in total. The first-order valence-electron chi connectivity index (χ1n) is 5.52. The van der Waals surface area contributed by atoms with Crippen molar-refractivity contribution in [3.8, 4) is 0 Å². The minimum atomic E-state index is 0.551. The Morgan fingerprint density at radius 2 is 1.86 bits per heavy atom. The van der Waals surface area contributed by atoms with E-state index in [1.807, 2.05) is 19.1 Å². The van der Waals surface area contributed by atoms with E-state index in [4.69, 9.17) is 0 Å². The molecule has 0 radical (unpaired) electrons. The average Bonchev–Trinajstić information content (AvgIpc) is 2.18. The van der Waals surface area contributed by atoms with Gasteiger partial charge >= 0.3 is 0 Å². The molecule has 0 heterocycles. The summed E-state index contributed by atoms with van der Waals surface area (Å²) in [6.45, 7) is 1.96. The highest BCUT2D eigenvalue weighted by Gasteiger charge is 1.98. The van der Waals surface area contributed by atoms with E-state index < -0.39 is 0 Å². The first-order valence-corrected chi connectivity index (χ1v) is 5.52. The highest BCUT2D eigenvalue weighted by atomic mass is 16.3. The molecule has 14 heavy (non-hydrogen) atoms. The Bertz CT molecular complexity index is 246. The highest BCUT2D eigenvalue weighted by Crippen LogP contribution is 2.14. The molecule has 1 aliphatic carbocycles. The molecule has 0 saturated heterocycles. The average molecular weight is 192 g/mol. The fraction of sp³-hybridized carbons (Fsp3) is 0.538. The number of aliphatic hydroxyl groups excluding tert-OH is 1. The van der Waals surface area contributed by atoms with Crippen molar-refractivity contribution in [2.24, 2.45) is 0 Å². The largest absolute Gasteiger partial charge is 0.512 e. The topological polar surface area (TPSA) is 20.2 Å². The summed E-state index contributed by atoms with van der Waals surface area (Å²) in [5, 5.41) is 9.67. The van der Waals surface area contributed by atoms with Gasteiger partial charge in [0, 0.05) is 6.42 Å². The Balaban J connectivity index is 2.61. The summed E-state index contributed by atoms with van der Waals surface area (Å²) < 4.78 is 0. The molecule has 0 bridgehead atoms. The maximum absolute atomic E-state index is 9.67. The van der Waals surface area contributed by atoms with Gasteiger partial charge in [0.1, 0.15) is 0 Å². The van der Waals surface area contributed by atoms with Crippen LogP contribution in [-0.4, -0.2) is 5.11 Å². The lowest BCUT2D eigenvalue weighted by Crippen LogP contribution is -1.87. The molecular weight excluding hydrogens is 172 g/mol. The molecule has 0 aromatic carbocycles. The molecule has 0 amide bonds. The first-order chi connectivity index (χ1) is 6.80. The molecule has 0 aromatic heterocycles. The number of hydrogen-bond acceptors (Lipinski definition) is 1. The van der Waals surface area contributed by atoms with Gasteiger partial charge in [-0.25, -0.2) is 0 Å². The smallest absolute Gasteiger partial charge is 0.0951 e. The van der Waals surface area contributed by atoms with E-state index in [9.17, 15) is 5.11 Å².